The summed E-state index contributed by atoms with van der Waals surface area (Å²) in [6.45, 7) is 1.09. The number of ether oxygens (including phenoxy) is 1. The third-order valence-corrected chi connectivity index (χ3v) is 4.01. The van der Waals surface area contributed by atoms with E-state index in [-0.39, 0.29) is 21.3 Å². The van der Waals surface area contributed by atoms with Crippen molar-refractivity contribution < 1.29 is 19.2 Å². The fourth-order valence-corrected chi connectivity index (χ4v) is 2.43. The number of esters is 1. The molecule has 1 amide bonds. The lowest BCUT2D eigenvalue weighted by Crippen LogP contribution is -2.21. The van der Waals surface area contributed by atoms with Crippen LogP contribution in [0.2, 0.25) is 10.0 Å². The highest BCUT2D eigenvalue weighted by Gasteiger charge is 2.21. The summed E-state index contributed by atoms with van der Waals surface area (Å²) in [5.41, 5.74) is 0.262. The number of nitrogens with zero attached hydrogens (tertiary/aromatic N) is 1. The van der Waals surface area contributed by atoms with Crippen molar-refractivity contribution in [3.63, 3.8) is 0 Å². The number of aryl methyl sites for hydroxylation is 1. The fourth-order valence-electron chi connectivity index (χ4n) is 1.96. The molecule has 0 atom stereocenters. The molecule has 0 radical (unpaired) electrons. The second-order valence-electron chi connectivity index (χ2n) is 4.95. The maximum Gasteiger partial charge on any atom is 0.345 e. The number of nitro groups is 1. The molecule has 0 spiro atoms. The lowest BCUT2D eigenvalue weighted by Gasteiger charge is -2.11. The molecular formula is C16H12Cl2N2O5. The lowest BCUT2D eigenvalue weighted by molar-refractivity contribution is -0.385. The van der Waals surface area contributed by atoms with Crippen LogP contribution in [0, 0.1) is 17.0 Å². The molecule has 0 bridgehead atoms. The van der Waals surface area contributed by atoms with E-state index in [1.54, 1.807) is 19.1 Å². The second kappa shape index (κ2) is 7.96. The Morgan fingerprint density at radius 3 is 2.56 bits per heavy atom. The van der Waals surface area contributed by atoms with Crippen molar-refractivity contribution in [3.8, 4) is 0 Å². The molecule has 130 valence electrons. The van der Waals surface area contributed by atoms with Gasteiger partial charge in [-0.25, -0.2) is 4.79 Å². The van der Waals surface area contributed by atoms with E-state index in [0.717, 1.165) is 0 Å². The minimum Gasteiger partial charge on any atom is -0.452 e. The summed E-state index contributed by atoms with van der Waals surface area (Å²) in [5.74, 6) is -1.66. The zero-order valence-corrected chi connectivity index (χ0v) is 14.4. The molecule has 9 heteroatoms. The third kappa shape index (κ3) is 4.46. The van der Waals surface area contributed by atoms with Crippen LogP contribution in [0.5, 0.6) is 0 Å². The van der Waals surface area contributed by atoms with Crippen molar-refractivity contribution in [2.75, 3.05) is 11.9 Å². The molecule has 0 unspecified atom stereocenters. The molecule has 1 N–H and O–H groups in total. The van der Waals surface area contributed by atoms with Crippen LogP contribution >= 0.6 is 23.2 Å². The third-order valence-electron chi connectivity index (χ3n) is 3.20. The Morgan fingerprint density at radius 1 is 1.20 bits per heavy atom. The van der Waals surface area contributed by atoms with E-state index in [2.05, 4.69) is 5.32 Å². The largest absolute Gasteiger partial charge is 0.452 e. The van der Waals surface area contributed by atoms with E-state index >= 15 is 0 Å². The highest BCUT2D eigenvalue weighted by atomic mass is 35.5. The first kappa shape index (κ1) is 18.7. The van der Waals surface area contributed by atoms with Gasteiger partial charge in [0.15, 0.2) is 6.61 Å². The molecular weight excluding hydrogens is 371 g/mol. The van der Waals surface area contributed by atoms with E-state index in [9.17, 15) is 19.7 Å². The van der Waals surface area contributed by atoms with Gasteiger partial charge in [0, 0.05) is 6.07 Å². The number of nitrogens with one attached hydrogen (secondary N) is 1. The van der Waals surface area contributed by atoms with Gasteiger partial charge in [0.2, 0.25) is 0 Å². The molecule has 0 aromatic heterocycles. The van der Waals surface area contributed by atoms with Crippen LogP contribution in [0.25, 0.3) is 0 Å². The molecule has 0 saturated heterocycles. The van der Waals surface area contributed by atoms with Gasteiger partial charge >= 0.3 is 5.97 Å². The number of carbonyl (C=O) groups excluding carboxylic acids is 2. The number of rotatable bonds is 5. The van der Waals surface area contributed by atoms with Crippen molar-refractivity contribution in [1.82, 2.24) is 0 Å². The normalized spacial score (nSPS) is 10.2. The number of nitro benzene ring substituents is 1. The van der Waals surface area contributed by atoms with E-state index in [0.29, 0.717) is 5.56 Å². The van der Waals surface area contributed by atoms with Gasteiger partial charge in [0.25, 0.3) is 11.6 Å². The molecule has 7 nitrogen and oxygen atoms in total. The highest BCUT2D eigenvalue weighted by molar-refractivity contribution is 6.40. The number of carbonyl (C=O) groups is 2. The van der Waals surface area contributed by atoms with Crippen LogP contribution in [-0.2, 0) is 9.53 Å². The average Bonchev–Trinajstić information content (AvgIpc) is 2.60. The van der Waals surface area contributed by atoms with Gasteiger partial charge < -0.3 is 10.1 Å². The van der Waals surface area contributed by atoms with Crippen LogP contribution < -0.4 is 5.32 Å². The van der Waals surface area contributed by atoms with Crippen molar-refractivity contribution in [1.29, 1.82) is 0 Å². The topological polar surface area (TPSA) is 98.5 Å². The van der Waals surface area contributed by atoms with Crippen LogP contribution in [0.3, 0.4) is 0 Å². The van der Waals surface area contributed by atoms with E-state index in [4.69, 9.17) is 27.9 Å². The van der Waals surface area contributed by atoms with Crippen LogP contribution in [0.4, 0.5) is 11.4 Å². The number of benzene rings is 2. The van der Waals surface area contributed by atoms with Crippen molar-refractivity contribution in [3.05, 3.63) is 67.7 Å². The summed E-state index contributed by atoms with van der Waals surface area (Å²) in [6, 6.07) is 8.54. The molecule has 25 heavy (non-hydrogen) atoms. The molecule has 0 aliphatic rings. The van der Waals surface area contributed by atoms with Crippen LogP contribution in [-0.4, -0.2) is 23.4 Å². The van der Waals surface area contributed by atoms with Gasteiger partial charge in [-0.15, -0.1) is 0 Å². The first-order valence-corrected chi connectivity index (χ1v) is 7.72. The monoisotopic (exact) mass is 382 g/mol. The van der Waals surface area contributed by atoms with Gasteiger partial charge in [0.05, 0.1) is 20.7 Å². The minimum atomic E-state index is -0.983. The van der Waals surface area contributed by atoms with Crippen LogP contribution in [0.1, 0.15) is 15.9 Å². The summed E-state index contributed by atoms with van der Waals surface area (Å²) < 4.78 is 4.82. The molecule has 0 heterocycles. The van der Waals surface area contributed by atoms with E-state index < -0.39 is 29.1 Å². The Bertz CT molecular complexity index is 854. The summed E-state index contributed by atoms with van der Waals surface area (Å²) in [5, 5.41) is 13.9. The average molecular weight is 383 g/mol. The Morgan fingerprint density at radius 2 is 1.88 bits per heavy atom. The minimum absolute atomic E-state index is 0.204. The van der Waals surface area contributed by atoms with Crippen molar-refractivity contribution >= 4 is 46.5 Å². The number of amides is 1. The summed E-state index contributed by atoms with van der Waals surface area (Å²) in [4.78, 5) is 34.1. The number of anilines is 1. The first-order chi connectivity index (χ1) is 11.8. The Balaban J connectivity index is 2.05. The van der Waals surface area contributed by atoms with Gasteiger partial charge in [-0.05, 0) is 24.6 Å². The Hall–Kier alpha value is -2.64. The van der Waals surface area contributed by atoms with Gasteiger partial charge in [-0.3, -0.25) is 14.9 Å². The number of para-hydroxylation sites is 1. The van der Waals surface area contributed by atoms with Gasteiger partial charge in [-0.1, -0.05) is 41.4 Å². The standard InChI is InChI=1S/C16H12Cl2N2O5/c1-9-6-7-11(17)15(14(9)18)19-13(21)8-25-16(22)10-4-2-3-5-12(10)20(23)24/h2-7H,8H2,1H3,(H,19,21). The molecule has 2 aromatic carbocycles. The van der Waals surface area contributed by atoms with E-state index in [1.165, 1.54) is 24.3 Å². The summed E-state index contributed by atoms with van der Waals surface area (Å²) in [7, 11) is 0. The molecule has 0 fully saturated rings. The number of halogens is 2. The predicted octanol–water partition coefficient (Wildman–Crippen LogP) is 4.01. The van der Waals surface area contributed by atoms with Gasteiger partial charge in [-0.2, -0.15) is 0 Å². The Labute approximate surface area is 152 Å². The quantitative estimate of drug-likeness (QED) is 0.478. The zero-order chi connectivity index (χ0) is 18.6. The second-order valence-corrected chi connectivity index (χ2v) is 5.74. The number of hydrogen-bond acceptors (Lipinski definition) is 5. The highest BCUT2D eigenvalue weighted by Crippen LogP contribution is 2.32. The molecule has 2 rings (SSSR count). The SMILES string of the molecule is Cc1ccc(Cl)c(NC(=O)COC(=O)c2ccccc2[N+](=O)[O-])c1Cl. The molecule has 0 saturated carbocycles. The Kier molecular flexibility index (Phi) is 5.95. The predicted molar refractivity (Wildman–Crippen MR) is 93.2 cm³/mol. The zero-order valence-electron chi connectivity index (χ0n) is 12.9. The maximum atomic E-state index is 12.0. The molecule has 0 aliphatic carbocycles. The van der Waals surface area contributed by atoms with Crippen molar-refractivity contribution in [2.45, 2.75) is 6.92 Å². The lowest BCUT2D eigenvalue weighted by atomic mass is 10.2. The maximum absolute atomic E-state index is 12.0. The smallest absolute Gasteiger partial charge is 0.345 e. The van der Waals surface area contributed by atoms with Crippen molar-refractivity contribution in [2.24, 2.45) is 0 Å². The van der Waals surface area contributed by atoms with E-state index in [1.807, 2.05) is 0 Å². The van der Waals surface area contributed by atoms with Gasteiger partial charge in [0.1, 0.15) is 5.56 Å². The summed E-state index contributed by atoms with van der Waals surface area (Å²) >= 11 is 12.1. The molecule has 0 aliphatic heterocycles. The molecule has 2 aromatic rings. The fraction of sp³-hybridized carbons (Fsp3) is 0.125. The van der Waals surface area contributed by atoms with Crippen LogP contribution in [0.15, 0.2) is 36.4 Å². The summed E-state index contributed by atoms with van der Waals surface area (Å²) in [6.07, 6.45) is 0. The number of hydrogen-bond donors (Lipinski definition) is 1. The first-order valence-electron chi connectivity index (χ1n) is 6.96.